The van der Waals surface area contributed by atoms with Crippen molar-refractivity contribution < 1.29 is 8.78 Å². The van der Waals surface area contributed by atoms with Gasteiger partial charge in [-0.2, -0.15) is 0 Å². The second-order valence-corrected chi connectivity index (χ2v) is 3.43. The van der Waals surface area contributed by atoms with Gasteiger partial charge in [0.15, 0.2) is 0 Å². The third-order valence-corrected chi connectivity index (χ3v) is 2.47. The van der Waals surface area contributed by atoms with Gasteiger partial charge in [0.1, 0.15) is 17.3 Å². The molecule has 0 spiro atoms. The Morgan fingerprint density at radius 1 is 1.33 bits per heavy atom. The molecular weight excluding hydrogens is 268 g/mol. The molecule has 0 aliphatic rings. The third kappa shape index (κ3) is 1.90. The lowest BCUT2D eigenvalue weighted by Gasteiger charge is -2.04. The molecule has 15 heavy (non-hydrogen) atoms. The maximum atomic E-state index is 13.4. The summed E-state index contributed by atoms with van der Waals surface area (Å²) >= 11 is 3.21. The number of rotatable bonds is 2. The van der Waals surface area contributed by atoms with Gasteiger partial charge in [0.05, 0.1) is 11.9 Å². The van der Waals surface area contributed by atoms with Gasteiger partial charge in [-0.15, -0.1) is 5.10 Å². The van der Waals surface area contributed by atoms with E-state index in [9.17, 15) is 8.78 Å². The molecule has 0 unspecified atom stereocenters. The Bertz CT molecular complexity index is 484. The summed E-state index contributed by atoms with van der Waals surface area (Å²) < 4.78 is 27.6. The van der Waals surface area contributed by atoms with Gasteiger partial charge in [-0.25, -0.2) is 13.5 Å². The maximum absolute atomic E-state index is 13.4. The molecule has 2 rings (SSSR count). The standard InChI is InChI=1S/C9H6BrF2N3/c10-4-7-5-13-14-15(7)9-3-6(11)1-2-8(9)12/h1-3,5H,4H2. The van der Waals surface area contributed by atoms with Crippen molar-refractivity contribution in [2.24, 2.45) is 0 Å². The second-order valence-electron chi connectivity index (χ2n) is 2.87. The highest BCUT2D eigenvalue weighted by atomic mass is 79.9. The van der Waals surface area contributed by atoms with E-state index < -0.39 is 11.6 Å². The van der Waals surface area contributed by atoms with Crippen LogP contribution in [0.25, 0.3) is 5.69 Å². The zero-order valence-electron chi connectivity index (χ0n) is 7.49. The van der Waals surface area contributed by atoms with Crippen LogP contribution in [0.15, 0.2) is 24.4 Å². The van der Waals surface area contributed by atoms with Crippen LogP contribution in [0.4, 0.5) is 8.78 Å². The van der Waals surface area contributed by atoms with Crippen LogP contribution in [0.1, 0.15) is 5.69 Å². The predicted octanol–water partition coefficient (Wildman–Crippen LogP) is 2.44. The topological polar surface area (TPSA) is 30.7 Å². The normalized spacial score (nSPS) is 10.6. The van der Waals surface area contributed by atoms with Crippen molar-refractivity contribution in [1.29, 1.82) is 0 Å². The first-order chi connectivity index (χ1) is 7.22. The summed E-state index contributed by atoms with van der Waals surface area (Å²) in [4.78, 5) is 0. The van der Waals surface area contributed by atoms with Crippen molar-refractivity contribution in [3.63, 3.8) is 0 Å². The predicted molar refractivity (Wildman–Crippen MR) is 53.9 cm³/mol. The first-order valence-electron chi connectivity index (χ1n) is 4.13. The van der Waals surface area contributed by atoms with E-state index in [1.807, 2.05) is 0 Å². The highest BCUT2D eigenvalue weighted by molar-refractivity contribution is 9.08. The van der Waals surface area contributed by atoms with Crippen molar-refractivity contribution in [1.82, 2.24) is 15.0 Å². The van der Waals surface area contributed by atoms with Crippen LogP contribution in [-0.4, -0.2) is 15.0 Å². The number of hydrogen-bond donors (Lipinski definition) is 0. The smallest absolute Gasteiger partial charge is 0.149 e. The molecule has 0 saturated heterocycles. The van der Waals surface area contributed by atoms with Crippen molar-refractivity contribution in [3.8, 4) is 5.69 Å². The number of hydrogen-bond acceptors (Lipinski definition) is 2. The highest BCUT2D eigenvalue weighted by Crippen LogP contribution is 2.16. The van der Waals surface area contributed by atoms with E-state index in [1.54, 1.807) is 0 Å². The molecule has 3 nitrogen and oxygen atoms in total. The molecule has 0 N–H and O–H groups in total. The molecule has 6 heteroatoms. The second kappa shape index (κ2) is 4.06. The van der Waals surface area contributed by atoms with E-state index in [-0.39, 0.29) is 5.69 Å². The minimum atomic E-state index is -0.538. The summed E-state index contributed by atoms with van der Waals surface area (Å²) in [6.45, 7) is 0. The van der Waals surface area contributed by atoms with Gasteiger partial charge in [-0.05, 0) is 12.1 Å². The van der Waals surface area contributed by atoms with E-state index in [0.717, 1.165) is 18.2 Å². The van der Waals surface area contributed by atoms with Gasteiger partial charge in [0.25, 0.3) is 0 Å². The van der Waals surface area contributed by atoms with E-state index in [0.29, 0.717) is 11.0 Å². The zero-order valence-corrected chi connectivity index (χ0v) is 9.08. The fraction of sp³-hybridized carbons (Fsp3) is 0.111. The average Bonchev–Trinajstić information content (AvgIpc) is 2.69. The largest absolute Gasteiger partial charge is 0.214 e. The number of benzene rings is 1. The molecule has 0 radical (unpaired) electrons. The minimum absolute atomic E-state index is 0.0574. The molecule has 0 saturated carbocycles. The average molecular weight is 274 g/mol. The molecule has 0 aliphatic carbocycles. The number of nitrogens with zero attached hydrogens (tertiary/aromatic N) is 3. The van der Waals surface area contributed by atoms with Crippen LogP contribution in [-0.2, 0) is 5.33 Å². The molecule has 0 bridgehead atoms. The van der Waals surface area contributed by atoms with Crippen molar-refractivity contribution in [2.45, 2.75) is 5.33 Å². The lowest BCUT2D eigenvalue weighted by atomic mass is 10.3. The quantitative estimate of drug-likeness (QED) is 0.787. The minimum Gasteiger partial charge on any atom is -0.214 e. The third-order valence-electron chi connectivity index (χ3n) is 1.89. The molecule has 78 valence electrons. The van der Waals surface area contributed by atoms with Gasteiger partial charge in [0.2, 0.25) is 0 Å². The Morgan fingerprint density at radius 2 is 2.13 bits per heavy atom. The molecule has 1 heterocycles. The van der Waals surface area contributed by atoms with Gasteiger partial charge in [-0.3, -0.25) is 0 Å². The summed E-state index contributed by atoms with van der Waals surface area (Å²) in [6, 6.07) is 3.20. The molecule has 1 aromatic heterocycles. The molecule has 0 amide bonds. The maximum Gasteiger partial charge on any atom is 0.149 e. The summed E-state index contributed by atoms with van der Waals surface area (Å²) in [5, 5.41) is 7.79. The monoisotopic (exact) mass is 273 g/mol. The van der Waals surface area contributed by atoms with E-state index >= 15 is 0 Å². The molecule has 2 aromatic rings. The van der Waals surface area contributed by atoms with Crippen LogP contribution in [0.2, 0.25) is 0 Å². The molecular formula is C9H6BrF2N3. The van der Waals surface area contributed by atoms with E-state index in [2.05, 4.69) is 26.2 Å². The van der Waals surface area contributed by atoms with Crippen LogP contribution in [0, 0.1) is 11.6 Å². The van der Waals surface area contributed by atoms with Crippen LogP contribution < -0.4 is 0 Å². The van der Waals surface area contributed by atoms with Gasteiger partial charge < -0.3 is 0 Å². The Hall–Kier alpha value is -1.30. The van der Waals surface area contributed by atoms with Crippen molar-refractivity contribution in [2.75, 3.05) is 0 Å². The van der Waals surface area contributed by atoms with Crippen LogP contribution in [0.5, 0.6) is 0 Å². The van der Waals surface area contributed by atoms with Crippen LogP contribution in [0.3, 0.4) is 0 Å². The molecule has 0 atom stereocenters. The lowest BCUT2D eigenvalue weighted by Crippen LogP contribution is -2.04. The Labute approximate surface area is 92.8 Å². The number of aromatic nitrogens is 3. The lowest BCUT2D eigenvalue weighted by molar-refractivity contribution is 0.582. The van der Waals surface area contributed by atoms with E-state index in [4.69, 9.17) is 0 Å². The highest BCUT2D eigenvalue weighted by Gasteiger charge is 2.10. The van der Waals surface area contributed by atoms with Gasteiger partial charge in [-0.1, -0.05) is 21.1 Å². The summed E-state index contributed by atoms with van der Waals surface area (Å²) in [5.74, 6) is -1.05. The molecule has 1 aromatic carbocycles. The Balaban J connectivity index is 2.58. The van der Waals surface area contributed by atoms with Gasteiger partial charge in [0, 0.05) is 11.4 Å². The van der Waals surface area contributed by atoms with Crippen molar-refractivity contribution in [3.05, 3.63) is 41.7 Å². The molecule has 0 fully saturated rings. The summed E-state index contributed by atoms with van der Waals surface area (Å²) in [5.41, 5.74) is 0.710. The summed E-state index contributed by atoms with van der Waals surface area (Å²) in [7, 11) is 0. The Kier molecular flexibility index (Phi) is 2.77. The molecule has 0 aliphatic heterocycles. The Morgan fingerprint density at radius 3 is 2.87 bits per heavy atom. The number of alkyl halides is 1. The fourth-order valence-corrected chi connectivity index (χ4v) is 1.58. The number of halogens is 3. The first-order valence-corrected chi connectivity index (χ1v) is 5.25. The van der Waals surface area contributed by atoms with E-state index in [1.165, 1.54) is 10.9 Å². The van der Waals surface area contributed by atoms with Crippen molar-refractivity contribution >= 4 is 15.9 Å². The fourth-order valence-electron chi connectivity index (χ4n) is 1.20. The zero-order chi connectivity index (χ0) is 10.8. The van der Waals surface area contributed by atoms with Crippen LogP contribution >= 0.6 is 15.9 Å². The SMILES string of the molecule is Fc1ccc(F)c(-n2nncc2CBr)c1. The first kappa shape index (κ1) is 10.2. The summed E-state index contributed by atoms with van der Waals surface area (Å²) in [6.07, 6.45) is 1.49. The van der Waals surface area contributed by atoms with Gasteiger partial charge >= 0.3 is 0 Å².